The van der Waals surface area contributed by atoms with Crippen molar-refractivity contribution < 1.29 is 9.53 Å². The van der Waals surface area contributed by atoms with E-state index in [1.165, 1.54) is 22.7 Å². The minimum Gasteiger partial charge on any atom is -0.494 e. The van der Waals surface area contributed by atoms with E-state index in [1.54, 1.807) is 17.8 Å². The number of carbonyl (C=O) groups is 1. The predicted molar refractivity (Wildman–Crippen MR) is 111 cm³/mol. The van der Waals surface area contributed by atoms with Crippen LogP contribution in [-0.4, -0.2) is 29.1 Å². The molecule has 0 atom stereocenters. The molecular formula is C17H17BrN2O2S3. The first-order valence-corrected chi connectivity index (χ1v) is 11.5. The molecule has 0 saturated heterocycles. The monoisotopic (exact) mass is 456 g/mol. The van der Waals surface area contributed by atoms with Crippen molar-refractivity contribution in [1.82, 2.24) is 4.57 Å². The van der Waals surface area contributed by atoms with Crippen LogP contribution in [0.4, 0.5) is 0 Å². The van der Waals surface area contributed by atoms with Gasteiger partial charge in [0.25, 0.3) is 5.91 Å². The van der Waals surface area contributed by atoms with Gasteiger partial charge in [0.15, 0.2) is 4.80 Å². The topological polar surface area (TPSA) is 43.6 Å². The zero-order chi connectivity index (χ0) is 17.8. The van der Waals surface area contributed by atoms with Gasteiger partial charge in [-0.3, -0.25) is 4.79 Å². The molecule has 2 heterocycles. The van der Waals surface area contributed by atoms with Crippen LogP contribution in [0.25, 0.3) is 10.2 Å². The smallest absolute Gasteiger partial charge is 0.289 e. The summed E-state index contributed by atoms with van der Waals surface area (Å²) in [6.45, 7) is 3.41. The largest absolute Gasteiger partial charge is 0.494 e. The Labute approximate surface area is 166 Å². The van der Waals surface area contributed by atoms with E-state index < -0.39 is 0 Å². The summed E-state index contributed by atoms with van der Waals surface area (Å²) in [5.41, 5.74) is 1.08. The normalized spacial score (nSPS) is 12.0. The molecule has 0 saturated carbocycles. The first-order valence-electron chi connectivity index (χ1n) is 7.72. The van der Waals surface area contributed by atoms with Gasteiger partial charge < -0.3 is 9.30 Å². The minimum absolute atomic E-state index is 0.204. The van der Waals surface area contributed by atoms with Crippen LogP contribution in [0.15, 0.2) is 39.1 Å². The number of thiazole rings is 1. The molecule has 132 valence electrons. The molecule has 0 fully saturated rings. The van der Waals surface area contributed by atoms with E-state index in [1.807, 2.05) is 31.2 Å². The van der Waals surface area contributed by atoms with Crippen molar-refractivity contribution in [3.63, 3.8) is 0 Å². The van der Waals surface area contributed by atoms with Crippen molar-refractivity contribution in [3.05, 3.63) is 43.8 Å². The van der Waals surface area contributed by atoms with Crippen LogP contribution in [-0.2, 0) is 6.54 Å². The maximum atomic E-state index is 12.5. The van der Waals surface area contributed by atoms with Gasteiger partial charge in [-0.1, -0.05) is 11.3 Å². The highest BCUT2D eigenvalue weighted by atomic mass is 79.9. The molecule has 1 aromatic carbocycles. The number of thiophene rings is 1. The molecule has 25 heavy (non-hydrogen) atoms. The molecule has 0 unspecified atom stereocenters. The highest BCUT2D eigenvalue weighted by Gasteiger charge is 2.11. The maximum absolute atomic E-state index is 12.5. The first kappa shape index (κ1) is 18.7. The molecule has 0 bridgehead atoms. The Morgan fingerprint density at radius 1 is 1.32 bits per heavy atom. The van der Waals surface area contributed by atoms with Gasteiger partial charge in [0.05, 0.1) is 25.5 Å². The van der Waals surface area contributed by atoms with Crippen LogP contribution in [0.5, 0.6) is 5.75 Å². The Morgan fingerprint density at radius 2 is 2.16 bits per heavy atom. The fourth-order valence-electron chi connectivity index (χ4n) is 2.37. The summed E-state index contributed by atoms with van der Waals surface area (Å²) in [5.74, 6) is 1.60. The Balaban J connectivity index is 2.08. The number of hydrogen-bond acceptors (Lipinski definition) is 5. The molecule has 0 radical (unpaired) electrons. The molecule has 1 amide bonds. The lowest BCUT2D eigenvalue weighted by Crippen LogP contribution is -2.18. The van der Waals surface area contributed by atoms with Gasteiger partial charge in [-0.05, 0) is 59.4 Å². The van der Waals surface area contributed by atoms with E-state index in [9.17, 15) is 4.79 Å². The highest BCUT2D eigenvalue weighted by molar-refractivity contribution is 9.11. The van der Waals surface area contributed by atoms with Crippen LogP contribution in [0.1, 0.15) is 16.6 Å². The SMILES string of the molecule is CCOc1ccc2c(c1)sc(=NC(=O)c1ccc(Br)s1)n2CCSC. The van der Waals surface area contributed by atoms with E-state index in [0.717, 1.165) is 36.9 Å². The summed E-state index contributed by atoms with van der Waals surface area (Å²) in [6, 6.07) is 9.70. The van der Waals surface area contributed by atoms with Crippen LogP contribution in [0.3, 0.4) is 0 Å². The van der Waals surface area contributed by atoms with Gasteiger partial charge in [-0.25, -0.2) is 0 Å². The number of ether oxygens (including phenoxy) is 1. The van der Waals surface area contributed by atoms with Crippen molar-refractivity contribution in [1.29, 1.82) is 0 Å². The van der Waals surface area contributed by atoms with Gasteiger partial charge in [0, 0.05) is 12.3 Å². The fraction of sp³-hybridized carbons (Fsp3) is 0.294. The number of hydrogen-bond donors (Lipinski definition) is 0. The lowest BCUT2D eigenvalue weighted by molar-refractivity contribution is 0.100. The van der Waals surface area contributed by atoms with Gasteiger partial charge in [-0.2, -0.15) is 16.8 Å². The van der Waals surface area contributed by atoms with Crippen molar-refractivity contribution in [2.75, 3.05) is 18.6 Å². The average Bonchev–Trinajstić information content (AvgIpc) is 3.16. The molecule has 0 N–H and O–H groups in total. The standard InChI is InChI=1S/C17H17BrN2O2S3/c1-3-22-11-4-5-12-14(10-11)25-17(20(12)8-9-23-2)19-16(21)13-6-7-15(18)24-13/h4-7,10H,3,8-9H2,1-2H3. The number of amides is 1. The van der Waals surface area contributed by atoms with Crippen LogP contribution in [0, 0.1) is 0 Å². The van der Waals surface area contributed by atoms with E-state index in [4.69, 9.17) is 4.74 Å². The molecule has 0 aliphatic carbocycles. The van der Waals surface area contributed by atoms with Crippen molar-refractivity contribution in [2.24, 2.45) is 4.99 Å². The Morgan fingerprint density at radius 3 is 2.84 bits per heavy atom. The molecule has 2 aromatic heterocycles. The molecule has 0 spiro atoms. The van der Waals surface area contributed by atoms with E-state index in [0.29, 0.717) is 11.5 Å². The molecule has 0 aliphatic heterocycles. The highest BCUT2D eigenvalue weighted by Crippen LogP contribution is 2.25. The summed E-state index contributed by atoms with van der Waals surface area (Å²) in [5, 5.41) is 0. The number of carbonyl (C=O) groups excluding carboxylic acids is 1. The number of halogens is 1. The summed E-state index contributed by atoms with van der Waals surface area (Å²) in [4.78, 5) is 18.2. The Hall–Kier alpha value is -1.09. The van der Waals surface area contributed by atoms with E-state index >= 15 is 0 Å². The summed E-state index contributed by atoms with van der Waals surface area (Å²) < 4.78 is 9.71. The van der Waals surface area contributed by atoms with Gasteiger partial charge in [0.2, 0.25) is 0 Å². The quantitative estimate of drug-likeness (QED) is 0.522. The van der Waals surface area contributed by atoms with Crippen LogP contribution >= 0.6 is 50.4 Å². The molecule has 0 aliphatic rings. The second kappa shape index (κ2) is 8.53. The average molecular weight is 457 g/mol. The number of rotatable bonds is 6. The summed E-state index contributed by atoms with van der Waals surface area (Å²) in [7, 11) is 0. The fourth-order valence-corrected chi connectivity index (χ4v) is 5.08. The van der Waals surface area contributed by atoms with Crippen molar-refractivity contribution in [3.8, 4) is 5.75 Å². The number of aromatic nitrogens is 1. The molecule has 8 heteroatoms. The number of thioether (sulfide) groups is 1. The van der Waals surface area contributed by atoms with Gasteiger partial charge in [0.1, 0.15) is 5.75 Å². The Kier molecular flexibility index (Phi) is 6.38. The number of fused-ring (bicyclic) bond motifs is 1. The third-order valence-corrected chi connectivity index (χ3v) is 6.71. The number of nitrogens with zero attached hydrogens (tertiary/aromatic N) is 2. The summed E-state index contributed by atoms with van der Waals surface area (Å²) in [6.07, 6.45) is 2.08. The first-order chi connectivity index (χ1) is 12.1. The molecule has 4 nitrogen and oxygen atoms in total. The minimum atomic E-state index is -0.204. The van der Waals surface area contributed by atoms with E-state index in [-0.39, 0.29) is 5.91 Å². The van der Waals surface area contributed by atoms with Crippen molar-refractivity contribution >= 4 is 66.5 Å². The third kappa shape index (κ3) is 4.36. The molecule has 3 rings (SSSR count). The number of aryl methyl sites for hydroxylation is 1. The van der Waals surface area contributed by atoms with Crippen molar-refractivity contribution in [2.45, 2.75) is 13.5 Å². The predicted octanol–water partition coefficient (Wildman–Crippen LogP) is 5.03. The van der Waals surface area contributed by atoms with E-state index in [2.05, 4.69) is 31.7 Å². The lowest BCUT2D eigenvalue weighted by Gasteiger charge is -2.05. The lowest BCUT2D eigenvalue weighted by atomic mass is 10.3. The third-order valence-electron chi connectivity index (χ3n) is 3.47. The zero-order valence-electron chi connectivity index (χ0n) is 13.8. The second-order valence-corrected chi connectivity index (χ2v) is 9.57. The van der Waals surface area contributed by atoms with Gasteiger partial charge >= 0.3 is 0 Å². The van der Waals surface area contributed by atoms with Crippen LogP contribution in [0.2, 0.25) is 0 Å². The van der Waals surface area contributed by atoms with Gasteiger partial charge in [-0.15, -0.1) is 11.3 Å². The van der Waals surface area contributed by atoms with Crippen LogP contribution < -0.4 is 9.54 Å². The second-order valence-electron chi connectivity index (χ2n) is 5.11. The molecule has 3 aromatic rings. The Bertz CT molecular complexity index is 958. The number of benzene rings is 1. The summed E-state index contributed by atoms with van der Waals surface area (Å²) >= 11 is 8.09. The molecular weight excluding hydrogens is 440 g/mol. The zero-order valence-corrected chi connectivity index (χ0v) is 17.9. The maximum Gasteiger partial charge on any atom is 0.289 e.